The lowest BCUT2D eigenvalue weighted by Crippen LogP contribution is -2.28. The van der Waals surface area contributed by atoms with Gasteiger partial charge in [-0.3, -0.25) is 0 Å². The summed E-state index contributed by atoms with van der Waals surface area (Å²) in [5.41, 5.74) is 3.81. The molecular formula is C15H29N3. The van der Waals surface area contributed by atoms with E-state index < -0.39 is 0 Å². The molecule has 1 aromatic heterocycles. The van der Waals surface area contributed by atoms with E-state index >= 15 is 0 Å². The average molecular weight is 251 g/mol. The number of aromatic nitrogens is 2. The van der Waals surface area contributed by atoms with Crippen LogP contribution >= 0.6 is 0 Å². The molecule has 0 aromatic carbocycles. The molecule has 1 rings (SSSR count). The molecule has 0 saturated heterocycles. The second-order valence-electron chi connectivity index (χ2n) is 6.78. The fourth-order valence-electron chi connectivity index (χ4n) is 2.60. The molecular weight excluding hydrogens is 222 g/mol. The molecule has 3 heteroatoms. The van der Waals surface area contributed by atoms with Crippen molar-refractivity contribution in [2.75, 3.05) is 0 Å². The summed E-state index contributed by atoms with van der Waals surface area (Å²) in [6.45, 7) is 15.4. The van der Waals surface area contributed by atoms with Crippen molar-refractivity contribution in [2.24, 2.45) is 19.1 Å². The normalized spacial score (nSPS) is 12.6. The van der Waals surface area contributed by atoms with Crippen LogP contribution in [0.4, 0.5) is 0 Å². The first-order valence-corrected chi connectivity index (χ1v) is 6.87. The summed E-state index contributed by atoms with van der Waals surface area (Å²) in [5, 5.41) is 0. The van der Waals surface area contributed by atoms with Gasteiger partial charge in [-0.05, 0) is 32.6 Å². The van der Waals surface area contributed by atoms with Crippen LogP contribution in [-0.2, 0) is 14.1 Å². The van der Waals surface area contributed by atoms with Crippen LogP contribution in [0.15, 0.2) is 4.99 Å². The van der Waals surface area contributed by atoms with Crippen LogP contribution in [0.3, 0.4) is 0 Å². The lowest BCUT2D eigenvalue weighted by Gasteiger charge is -2.13. The van der Waals surface area contributed by atoms with Crippen LogP contribution in [-0.4, -0.2) is 14.7 Å². The largest absolute Gasteiger partial charge is 0.317 e. The Balaban J connectivity index is 3.68. The minimum absolute atomic E-state index is 0.0492. The molecule has 104 valence electrons. The Hall–Kier alpha value is -0.990. The zero-order valence-corrected chi connectivity index (χ0v) is 13.5. The van der Waals surface area contributed by atoms with Crippen molar-refractivity contribution in [1.82, 2.24) is 9.13 Å². The number of imidazole rings is 1. The van der Waals surface area contributed by atoms with Gasteiger partial charge in [0, 0.05) is 25.5 Å². The Bertz CT molecular complexity index is 445. The molecule has 3 nitrogen and oxygen atoms in total. The van der Waals surface area contributed by atoms with Crippen LogP contribution in [0, 0.1) is 0 Å². The standard InChI is InChI=1S/C15H29N3/c1-10(2)12-13(11(3)4)18(9)14(17(12)8)16-15(5,6)7/h10-11H,1-9H3. The second kappa shape index (κ2) is 4.94. The molecule has 0 aliphatic carbocycles. The molecule has 0 amide bonds. The first kappa shape index (κ1) is 15.1. The molecule has 0 unspecified atom stereocenters. The van der Waals surface area contributed by atoms with E-state index in [1.54, 1.807) is 0 Å². The van der Waals surface area contributed by atoms with Gasteiger partial charge in [0.05, 0.1) is 5.54 Å². The van der Waals surface area contributed by atoms with Gasteiger partial charge in [-0.15, -0.1) is 0 Å². The highest BCUT2D eigenvalue weighted by molar-refractivity contribution is 5.21. The van der Waals surface area contributed by atoms with Gasteiger partial charge in [-0.25, -0.2) is 4.99 Å². The van der Waals surface area contributed by atoms with Gasteiger partial charge in [0.1, 0.15) is 0 Å². The lowest BCUT2D eigenvalue weighted by atomic mass is 10.0. The Morgan fingerprint density at radius 1 is 0.833 bits per heavy atom. The number of rotatable bonds is 2. The third-order valence-electron chi connectivity index (χ3n) is 3.11. The first-order valence-electron chi connectivity index (χ1n) is 6.87. The van der Waals surface area contributed by atoms with Crippen molar-refractivity contribution in [2.45, 2.75) is 65.8 Å². The zero-order valence-electron chi connectivity index (χ0n) is 13.5. The van der Waals surface area contributed by atoms with Crippen LogP contribution in [0.25, 0.3) is 0 Å². The maximum Gasteiger partial charge on any atom is 0.205 e. The molecule has 1 aromatic rings. The SMILES string of the molecule is CC(C)c1c(C(C)C)n(C)c(=NC(C)(C)C)n1C. The average Bonchev–Trinajstić information content (AvgIpc) is 2.39. The van der Waals surface area contributed by atoms with Gasteiger partial charge in [-0.2, -0.15) is 0 Å². The van der Waals surface area contributed by atoms with Crippen molar-refractivity contribution < 1.29 is 0 Å². The molecule has 1 heterocycles. The van der Waals surface area contributed by atoms with Crippen molar-refractivity contribution in [3.8, 4) is 0 Å². The van der Waals surface area contributed by atoms with Gasteiger partial charge in [0.2, 0.25) is 5.62 Å². The smallest absolute Gasteiger partial charge is 0.205 e. The van der Waals surface area contributed by atoms with E-state index in [1.165, 1.54) is 11.4 Å². The van der Waals surface area contributed by atoms with E-state index in [2.05, 4.69) is 71.7 Å². The maximum absolute atomic E-state index is 4.86. The fourth-order valence-corrected chi connectivity index (χ4v) is 2.60. The molecule has 18 heavy (non-hydrogen) atoms. The Labute approximate surface area is 112 Å². The van der Waals surface area contributed by atoms with Gasteiger partial charge >= 0.3 is 0 Å². The van der Waals surface area contributed by atoms with Gasteiger partial charge in [-0.1, -0.05) is 27.7 Å². The van der Waals surface area contributed by atoms with Crippen LogP contribution in [0.5, 0.6) is 0 Å². The summed E-state index contributed by atoms with van der Waals surface area (Å²) in [7, 11) is 4.26. The minimum atomic E-state index is -0.0492. The minimum Gasteiger partial charge on any atom is -0.317 e. The third kappa shape index (κ3) is 2.88. The molecule has 0 spiro atoms. The van der Waals surface area contributed by atoms with Crippen molar-refractivity contribution >= 4 is 0 Å². The summed E-state index contributed by atoms with van der Waals surface area (Å²) in [6.07, 6.45) is 0. The molecule has 0 fully saturated rings. The van der Waals surface area contributed by atoms with Crippen LogP contribution < -0.4 is 5.62 Å². The molecule has 0 bridgehead atoms. The number of hydrogen-bond acceptors (Lipinski definition) is 1. The zero-order chi connectivity index (χ0) is 14.2. The van der Waals surface area contributed by atoms with E-state index in [4.69, 9.17) is 4.99 Å². The summed E-state index contributed by atoms with van der Waals surface area (Å²) in [5.74, 6) is 1.03. The highest BCUT2D eigenvalue weighted by Crippen LogP contribution is 2.24. The third-order valence-corrected chi connectivity index (χ3v) is 3.11. The summed E-state index contributed by atoms with van der Waals surface area (Å²) in [6, 6.07) is 0. The van der Waals surface area contributed by atoms with E-state index in [9.17, 15) is 0 Å². The second-order valence-corrected chi connectivity index (χ2v) is 6.78. The molecule has 0 aliphatic rings. The lowest BCUT2D eigenvalue weighted by molar-refractivity contribution is 0.529. The molecule has 0 radical (unpaired) electrons. The number of nitrogens with zero attached hydrogens (tertiary/aromatic N) is 3. The highest BCUT2D eigenvalue weighted by atomic mass is 15.2. The van der Waals surface area contributed by atoms with Gasteiger partial charge in [0.15, 0.2) is 0 Å². The first-order chi connectivity index (χ1) is 8.06. The van der Waals surface area contributed by atoms with Crippen molar-refractivity contribution in [1.29, 1.82) is 0 Å². The van der Waals surface area contributed by atoms with E-state index in [-0.39, 0.29) is 5.54 Å². The predicted octanol–water partition coefficient (Wildman–Crippen LogP) is 3.31. The molecule has 0 saturated carbocycles. The molecule has 0 atom stereocenters. The molecule has 0 aliphatic heterocycles. The summed E-state index contributed by atoms with van der Waals surface area (Å²) in [4.78, 5) is 4.86. The van der Waals surface area contributed by atoms with Crippen LogP contribution in [0.2, 0.25) is 0 Å². The van der Waals surface area contributed by atoms with Crippen molar-refractivity contribution in [3.63, 3.8) is 0 Å². The maximum atomic E-state index is 4.86. The number of hydrogen-bond donors (Lipinski definition) is 0. The van der Waals surface area contributed by atoms with E-state index in [0.717, 1.165) is 5.62 Å². The molecule has 0 N–H and O–H groups in total. The fraction of sp³-hybridized carbons (Fsp3) is 0.800. The Morgan fingerprint density at radius 3 is 1.39 bits per heavy atom. The summed E-state index contributed by atoms with van der Waals surface area (Å²) >= 11 is 0. The van der Waals surface area contributed by atoms with E-state index in [1.807, 2.05) is 0 Å². The van der Waals surface area contributed by atoms with Crippen molar-refractivity contribution in [3.05, 3.63) is 17.0 Å². The summed E-state index contributed by atoms with van der Waals surface area (Å²) < 4.78 is 4.51. The van der Waals surface area contributed by atoms with Gasteiger partial charge < -0.3 is 9.13 Å². The highest BCUT2D eigenvalue weighted by Gasteiger charge is 2.20. The quantitative estimate of drug-likeness (QED) is 0.769. The Morgan fingerprint density at radius 2 is 1.17 bits per heavy atom. The van der Waals surface area contributed by atoms with E-state index in [0.29, 0.717) is 11.8 Å². The topological polar surface area (TPSA) is 22.2 Å². The predicted molar refractivity (Wildman–Crippen MR) is 77.9 cm³/mol. The van der Waals surface area contributed by atoms with Crippen LogP contribution in [0.1, 0.15) is 71.7 Å². The van der Waals surface area contributed by atoms with Gasteiger partial charge in [0.25, 0.3) is 0 Å². The monoisotopic (exact) mass is 251 g/mol. The Kier molecular flexibility index (Phi) is 4.14.